The van der Waals surface area contributed by atoms with Gasteiger partial charge in [0.25, 0.3) is 5.56 Å². The molecule has 2 aromatic rings. The molecule has 1 aromatic carbocycles. The maximum atomic E-state index is 11.9. The predicted octanol–water partition coefficient (Wildman–Crippen LogP) is 0.730. The highest BCUT2D eigenvalue weighted by Crippen LogP contribution is 2.23. The number of morpholine rings is 1. The number of fused-ring (bicyclic) bond motifs is 1. The minimum atomic E-state index is -0.476. The van der Waals surface area contributed by atoms with E-state index in [9.17, 15) is 9.90 Å². The molecule has 1 aliphatic rings. The van der Waals surface area contributed by atoms with Gasteiger partial charge >= 0.3 is 6.01 Å². The summed E-state index contributed by atoms with van der Waals surface area (Å²) in [5.41, 5.74) is -0.132. The molecule has 1 fully saturated rings. The third kappa shape index (κ3) is 1.80. The first-order chi connectivity index (χ1) is 8.75. The van der Waals surface area contributed by atoms with Crippen LogP contribution in [0, 0.1) is 0 Å². The highest BCUT2D eigenvalue weighted by Gasteiger charge is 2.17. The largest absolute Gasteiger partial charge is 0.507 e. The molecular formula is C12H12N2O4. The Morgan fingerprint density at radius 1 is 1.28 bits per heavy atom. The zero-order valence-corrected chi connectivity index (χ0v) is 9.63. The van der Waals surface area contributed by atoms with Crippen molar-refractivity contribution in [3.63, 3.8) is 0 Å². The molecular weight excluding hydrogens is 236 g/mol. The van der Waals surface area contributed by atoms with Crippen LogP contribution in [0.3, 0.4) is 0 Å². The van der Waals surface area contributed by atoms with Crippen LogP contribution in [0.25, 0.3) is 11.0 Å². The number of nitrogens with zero attached hydrogens (tertiary/aromatic N) is 2. The molecule has 94 valence electrons. The molecule has 3 rings (SSSR count). The van der Waals surface area contributed by atoms with E-state index >= 15 is 0 Å². The molecule has 1 saturated heterocycles. The van der Waals surface area contributed by atoms with Crippen LogP contribution in [0.2, 0.25) is 0 Å². The number of hydrogen-bond acceptors (Lipinski definition) is 6. The molecule has 6 nitrogen and oxygen atoms in total. The maximum absolute atomic E-state index is 11.9. The second-order valence-electron chi connectivity index (χ2n) is 4.05. The Morgan fingerprint density at radius 3 is 2.83 bits per heavy atom. The molecule has 0 bridgehead atoms. The summed E-state index contributed by atoms with van der Waals surface area (Å²) in [5, 5.41) is 9.74. The Balaban J connectivity index is 2.12. The van der Waals surface area contributed by atoms with Gasteiger partial charge in [-0.25, -0.2) is 0 Å². The van der Waals surface area contributed by atoms with Crippen molar-refractivity contribution in [3.8, 4) is 5.75 Å². The standard InChI is InChI=1S/C12H12N2O4/c15-8-2-1-3-9-10(8)11(16)13-12(18-9)14-4-6-17-7-5-14/h1-3,15H,4-7H2. The van der Waals surface area contributed by atoms with E-state index in [2.05, 4.69) is 4.98 Å². The fourth-order valence-corrected chi connectivity index (χ4v) is 1.97. The van der Waals surface area contributed by atoms with Crippen LogP contribution in [-0.2, 0) is 4.74 Å². The third-order valence-corrected chi connectivity index (χ3v) is 2.90. The van der Waals surface area contributed by atoms with Gasteiger partial charge in [0, 0.05) is 13.1 Å². The summed E-state index contributed by atoms with van der Waals surface area (Å²) in [6.45, 7) is 2.45. The number of hydrogen-bond donors (Lipinski definition) is 1. The molecule has 0 spiro atoms. The Morgan fingerprint density at radius 2 is 2.06 bits per heavy atom. The number of phenolic OH excluding ortho intramolecular Hbond substituents is 1. The normalized spacial score (nSPS) is 16.1. The van der Waals surface area contributed by atoms with Gasteiger partial charge < -0.3 is 19.2 Å². The van der Waals surface area contributed by atoms with E-state index in [0.717, 1.165) is 0 Å². The fourth-order valence-electron chi connectivity index (χ4n) is 1.97. The summed E-state index contributed by atoms with van der Waals surface area (Å²) in [6.07, 6.45) is 0. The van der Waals surface area contributed by atoms with Crippen LogP contribution >= 0.6 is 0 Å². The molecule has 6 heteroatoms. The van der Waals surface area contributed by atoms with E-state index in [0.29, 0.717) is 31.9 Å². The van der Waals surface area contributed by atoms with Gasteiger partial charge in [0.1, 0.15) is 16.7 Å². The molecule has 1 aliphatic heterocycles. The monoisotopic (exact) mass is 248 g/mol. The highest BCUT2D eigenvalue weighted by molar-refractivity contribution is 5.82. The van der Waals surface area contributed by atoms with Crippen molar-refractivity contribution in [2.24, 2.45) is 0 Å². The third-order valence-electron chi connectivity index (χ3n) is 2.90. The number of anilines is 1. The fraction of sp³-hybridized carbons (Fsp3) is 0.333. The molecule has 0 radical (unpaired) electrons. The lowest BCUT2D eigenvalue weighted by molar-refractivity contribution is 0.120. The van der Waals surface area contributed by atoms with Gasteiger partial charge in [-0.15, -0.1) is 0 Å². The first kappa shape index (κ1) is 11.0. The molecule has 1 aromatic heterocycles. The highest BCUT2D eigenvalue weighted by atomic mass is 16.5. The summed E-state index contributed by atoms with van der Waals surface area (Å²) in [6, 6.07) is 4.99. The van der Waals surface area contributed by atoms with Crippen molar-refractivity contribution in [1.82, 2.24) is 4.98 Å². The molecule has 0 unspecified atom stereocenters. The SMILES string of the molecule is O=c1nc(N2CCOCC2)oc2cccc(O)c12. The van der Waals surface area contributed by atoms with E-state index in [1.165, 1.54) is 6.07 Å². The molecule has 0 amide bonds. The zero-order valence-electron chi connectivity index (χ0n) is 9.63. The second kappa shape index (κ2) is 4.30. The van der Waals surface area contributed by atoms with Gasteiger partial charge in [-0.1, -0.05) is 6.07 Å². The lowest BCUT2D eigenvalue weighted by Crippen LogP contribution is -2.37. The van der Waals surface area contributed by atoms with Gasteiger partial charge in [0.05, 0.1) is 13.2 Å². The van der Waals surface area contributed by atoms with Crippen molar-refractivity contribution >= 4 is 17.0 Å². The van der Waals surface area contributed by atoms with Crippen LogP contribution in [0.5, 0.6) is 5.75 Å². The average molecular weight is 248 g/mol. The summed E-state index contributed by atoms with van der Waals surface area (Å²) in [7, 11) is 0. The molecule has 0 aliphatic carbocycles. The minimum Gasteiger partial charge on any atom is -0.507 e. The summed E-state index contributed by atoms with van der Waals surface area (Å²) in [5.74, 6) is -0.109. The number of benzene rings is 1. The van der Waals surface area contributed by atoms with Gasteiger partial charge in [0.2, 0.25) is 0 Å². The quantitative estimate of drug-likeness (QED) is 0.801. The van der Waals surface area contributed by atoms with Gasteiger partial charge in [-0.2, -0.15) is 4.98 Å². The van der Waals surface area contributed by atoms with Gasteiger partial charge in [-0.3, -0.25) is 4.79 Å². The number of ether oxygens (including phenoxy) is 1. The Bertz CT molecular complexity index is 632. The zero-order chi connectivity index (χ0) is 12.5. The second-order valence-corrected chi connectivity index (χ2v) is 4.05. The molecule has 2 heterocycles. The van der Waals surface area contributed by atoms with Crippen molar-refractivity contribution in [1.29, 1.82) is 0 Å². The lowest BCUT2D eigenvalue weighted by atomic mass is 10.2. The first-order valence-corrected chi connectivity index (χ1v) is 5.71. The van der Waals surface area contributed by atoms with Gasteiger partial charge in [-0.05, 0) is 12.1 Å². The van der Waals surface area contributed by atoms with Crippen molar-refractivity contribution in [2.75, 3.05) is 31.2 Å². The van der Waals surface area contributed by atoms with E-state index in [4.69, 9.17) is 9.15 Å². The van der Waals surface area contributed by atoms with Crippen LogP contribution in [0.1, 0.15) is 0 Å². The number of rotatable bonds is 1. The average Bonchev–Trinajstić information content (AvgIpc) is 2.39. The Kier molecular flexibility index (Phi) is 2.64. The van der Waals surface area contributed by atoms with Gasteiger partial charge in [0.15, 0.2) is 0 Å². The first-order valence-electron chi connectivity index (χ1n) is 5.71. The summed E-state index contributed by atoms with van der Waals surface area (Å²) < 4.78 is 10.8. The van der Waals surface area contributed by atoms with E-state index < -0.39 is 5.56 Å². The summed E-state index contributed by atoms with van der Waals surface area (Å²) >= 11 is 0. The van der Waals surface area contributed by atoms with Crippen LogP contribution in [0.4, 0.5) is 6.01 Å². The van der Waals surface area contributed by atoms with Crippen molar-refractivity contribution < 1.29 is 14.3 Å². The maximum Gasteiger partial charge on any atom is 0.301 e. The predicted molar refractivity (Wildman–Crippen MR) is 65.0 cm³/mol. The van der Waals surface area contributed by atoms with Crippen LogP contribution in [-0.4, -0.2) is 36.4 Å². The van der Waals surface area contributed by atoms with Crippen LogP contribution in [0.15, 0.2) is 27.4 Å². The Hall–Kier alpha value is -2.08. The smallest absolute Gasteiger partial charge is 0.301 e. The number of phenols is 1. The number of aromatic hydroxyl groups is 1. The van der Waals surface area contributed by atoms with Crippen molar-refractivity contribution in [2.45, 2.75) is 0 Å². The lowest BCUT2D eigenvalue weighted by Gasteiger charge is -2.25. The van der Waals surface area contributed by atoms with Crippen LogP contribution < -0.4 is 10.5 Å². The minimum absolute atomic E-state index is 0.109. The van der Waals surface area contributed by atoms with E-state index in [1.54, 1.807) is 12.1 Å². The summed E-state index contributed by atoms with van der Waals surface area (Å²) in [4.78, 5) is 17.6. The number of aromatic nitrogens is 1. The molecule has 1 N–H and O–H groups in total. The van der Waals surface area contributed by atoms with E-state index in [1.807, 2.05) is 4.90 Å². The molecule has 0 atom stereocenters. The molecule has 18 heavy (non-hydrogen) atoms. The topological polar surface area (TPSA) is 75.8 Å². The van der Waals surface area contributed by atoms with Crippen molar-refractivity contribution in [3.05, 3.63) is 28.6 Å². The van der Waals surface area contributed by atoms with E-state index in [-0.39, 0.29) is 17.2 Å². The Labute approximate surface area is 102 Å². The molecule has 0 saturated carbocycles.